The second kappa shape index (κ2) is 12.4. The van der Waals surface area contributed by atoms with Gasteiger partial charge in [0.25, 0.3) is 0 Å². The Labute approximate surface area is 354 Å². The van der Waals surface area contributed by atoms with Crippen molar-refractivity contribution < 1.29 is 4.74 Å². The minimum atomic E-state index is -0.481. The molecule has 13 rings (SSSR count). The number of benzene rings is 8. The van der Waals surface area contributed by atoms with Crippen molar-refractivity contribution in [3.8, 4) is 44.9 Å². The van der Waals surface area contributed by atoms with Gasteiger partial charge in [-0.15, -0.1) is 11.8 Å². The first-order valence-corrected chi connectivity index (χ1v) is 21.8. The summed E-state index contributed by atoms with van der Waals surface area (Å²) in [6.07, 6.45) is 0. The molecular formula is C56H38N2OS. The summed E-state index contributed by atoms with van der Waals surface area (Å²) in [5, 5.41) is 0.0845. The lowest BCUT2D eigenvalue weighted by Crippen LogP contribution is -2.32. The predicted molar refractivity (Wildman–Crippen MR) is 245 cm³/mol. The largest absolute Gasteiger partial charge is 0.457 e. The third-order valence-electron chi connectivity index (χ3n) is 13.7. The SMILES string of the molecule is CC1(C)c2ccc(-c3ccc4c(c3)-c3ccccc3C43c4ccccc4Oc4ccccc43)cc2-c2c(C3N=C(c4ccccc4)N=C4c5ccccc5SC43)cccc21. The molecule has 2 unspecified atom stereocenters. The second-order valence-corrected chi connectivity index (χ2v) is 18.3. The number of para-hydroxylation sites is 2. The predicted octanol–water partition coefficient (Wildman–Crippen LogP) is 13.6. The highest BCUT2D eigenvalue weighted by Crippen LogP contribution is 2.63. The van der Waals surface area contributed by atoms with E-state index in [0.29, 0.717) is 0 Å². The number of hydrogen-bond donors (Lipinski definition) is 0. The molecule has 0 saturated heterocycles. The van der Waals surface area contributed by atoms with E-state index in [4.69, 9.17) is 14.7 Å². The van der Waals surface area contributed by atoms with Crippen LogP contribution in [0.4, 0.5) is 0 Å². The number of fused-ring (bicyclic) bond motifs is 15. The van der Waals surface area contributed by atoms with Crippen LogP contribution in [0, 0.1) is 0 Å². The Hall–Kier alpha value is -6.75. The summed E-state index contributed by atoms with van der Waals surface area (Å²) in [6.45, 7) is 4.76. The molecule has 2 aliphatic carbocycles. The van der Waals surface area contributed by atoms with E-state index < -0.39 is 5.41 Å². The number of nitrogens with zero attached hydrogens (tertiary/aromatic N) is 2. The van der Waals surface area contributed by atoms with Gasteiger partial charge in [0, 0.05) is 32.6 Å². The molecule has 2 atom stereocenters. The molecule has 1 spiro atoms. The van der Waals surface area contributed by atoms with Gasteiger partial charge >= 0.3 is 0 Å². The molecule has 0 saturated carbocycles. The standard InChI is InChI=1S/C56H38N2OS/c1-55(2)41-29-27-35(34-28-30-43-39(31-34)36-17-6-8-20-42(36)56(43)44-21-9-11-24-47(44)59-48-25-12-10-22-45(48)56)32-40(41)50-38(19-14-23-46(50)55)52-53-51(37-18-7-13-26-49(37)60-53)57-54(58-52)33-15-4-3-5-16-33/h3-32,52-53H,1-2H3. The third-order valence-corrected chi connectivity index (χ3v) is 15.1. The maximum Gasteiger partial charge on any atom is 0.155 e. The van der Waals surface area contributed by atoms with Gasteiger partial charge in [0.15, 0.2) is 5.84 Å². The minimum Gasteiger partial charge on any atom is -0.457 e. The molecule has 0 bridgehead atoms. The normalized spacial score (nSPS) is 18.7. The lowest BCUT2D eigenvalue weighted by Gasteiger charge is -2.39. The summed E-state index contributed by atoms with van der Waals surface area (Å²) in [5.74, 6) is 2.63. The van der Waals surface area contributed by atoms with Crippen LogP contribution in [0.5, 0.6) is 11.5 Å². The van der Waals surface area contributed by atoms with E-state index in [1.807, 2.05) is 11.8 Å². The summed E-state index contributed by atoms with van der Waals surface area (Å²) in [5.41, 5.74) is 19.3. The molecule has 0 N–H and O–H groups in total. The van der Waals surface area contributed by atoms with Crippen LogP contribution in [-0.2, 0) is 10.8 Å². The minimum absolute atomic E-state index is 0.0845. The zero-order chi connectivity index (χ0) is 39.7. The first-order chi connectivity index (χ1) is 29.5. The fourth-order valence-electron chi connectivity index (χ4n) is 11.1. The van der Waals surface area contributed by atoms with Gasteiger partial charge in [0.05, 0.1) is 22.4 Å². The van der Waals surface area contributed by atoms with Crippen LogP contribution < -0.4 is 4.74 Å². The van der Waals surface area contributed by atoms with Gasteiger partial charge in [-0.25, -0.2) is 4.99 Å². The maximum absolute atomic E-state index is 6.58. The Morgan fingerprint density at radius 3 is 1.85 bits per heavy atom. The summed E-state index contributed by atoms with van der Waals surface area (Å²) in [4.78, 5) is 12.1. The van der Waals surface area contributed by atoms with Gasteiger partial charge in [-0.05, 0) is 91.5 Å². The monoisotopic (exact) mass is 786 g/mol. The number of amidine groups is 1. The molecular weight excluding hydrogens is 749 g/mol. The quantitative estimate of drug-likeness (QED) is 0.179. The summed E-state index contributed by atoms with van der Waals surface area (Å²) in [7, 11) is 0. The highest BCUT2D eigenvalue weighted by atomic mass is 32.2. The van der Waals surface area contributed by atoms with Crippen molar-refractivity contribution in [1.82, 2.24) is 0 Å². The fraction of sp³-hybridized carbons (Fsp3) is 0.107. The van der Waals surface area contributed by atoms with E-state index in [1.165, 1.54) is 82.8 Å². The number of aliphatic imine (C=N–C) groups is 2. The van der Waals surface area contributed by atoms with Gasteiger partial charge in [-0.1, -0.05) is 166 Å². The van der Waals surface area contributed by atoms with E-state index in [9.17, 15) is 0 Å². The number of thioether (sulfide) groups is 1. The highest BCUT2D eigenvalue weighted by Gasteiger charge is 2.51. The highest BCUT2D eigenvalue weighted by molar-refractivity contribution is 8.01. The van der Waals surface area contributed by atoms with Crippen molar-refractivity contribution in [3.05, 3.63) is 232 Å². The molecule has 3 heterocycles. The third kappa shape index (κ3) is 4.52. The molecule has 4 heteroatoms. The van der Waals surface area contributed by atoms with E-state index in [1.54, 1.807) is 0 Å². The van der Waals surface area contributed by atoms with Crippen molar-refractivity contribution >= 4 is 23.3 Å². The molecule has 0 aromatic heterocycles. The van der Waals surface area contributed by atoms with Gasteiger partial charge in [-0.3, -0.25) is 4.99 Å². The maximum atomic E-state index is 6.58. The zero-order valence-corrected chi connectivity index (χ0v) is 34.0. The average Bonchev–Trinajstić information content (AvgIpc) is 3.90. The topological polar surface area (TPSA) is 34.0 Å². The summed E-state index contributed by atoms with van der Waals surface area (Å²) < 4.78 is 6.58. The molecule has 60 heavy (non-hydrogen) atoms. The van der Waals surface area contributed by atoms with Gasteiger partial charge in [-0.2, -0.15) is 0 Å². The second-order valence-electron chi connectivity index (χ2n) is 17.1. The van der Waals surface area contributed by atoms with Crippen LogP contribution >= 0.6 is 11.8 Å². The molecule has 0 amide bonds. The van der Waals surface area contributed by atoms with Crippen LogP contribution in [0.15, 0.2) is 197 Å². The van der Waals surface area contributed by atoms with Gasteiger partial charge in [0.2, 0.25) is 0 Å². The Morgan fingerprint density at radius 1 is 0.483 bits per heavy atom. The lowest BCUT2D eigenvalue weighted by molar-refractivity contribution is 0.436. The van der Waals surface area contributed by atoms with Crippen LogP contribution in [0.1, 0.15) is 70.0 Å². The Morgan fingerprint density at radius 2 is 1.08 bits per heavy atom. The average molecular weight is 787 g/mol. The van der Waals surface area contributed by atoms with E-state index in [-0.39, 0.29) is 16.7 Å². The van der Waals surface area contributed by atoms with E-state index in [0.717, 1.165) is 28.6 Å². The molecule has 3 aliphatic heterocycles. The van der Waals surface area contributed by atoms with Crippen LogP contribution in [0.25, 0.3) is 33.4 Å². The first-order valence-electron chi connectivity index (χ1n) is 20.9. The summed E-state index contributed by atoms with van der Waals surface area (Å²) in [6, 6.07) is 66.5. The van der Waals surface area contributed by atoms with Crippen LogP contribution in [0.3, 0.4) is 0 Å². The fourth-order valence-corrected chi connectivity index (χ4v) is 12.4. The summed E-state index contributed by atoms with van der Waals surface area (Å²) >= 11 is 1.91. The Bertz CT molecular complexity index is 3170. The number of ether oxygens (including phenoxy) is 1. The van der Waals surface area contributed by atoms with Crippen molar-refractivity contribution in [2.24, 2.45) is 9.98 Å². The first kappa shape index (κ1) is 34.1. The molecule has 5 aliphatic rings. The Kier molecular flexibility index (Phi) is 7.05. The lowest BCUT2D eigenvalue weighted by atomic mass is 9.66. The van der Waals surface area contributed by atoms with Crippen LogP contribution in [0.2, 0.25) is 0 Å². The molecule has 284 valence electrons. The number of hydrogen-bond acceptors (Lipinski definition) is 4. The van der Waals surface area contributed by atoms with Crippen molar-refractivity contribution in [3.63, 3.8) is 0 Å². The molecule has 0 fully saturated rings. The van der Waals surface area contributed by atoms with Gasteiger partial charge in [0.1, 0.15) is 11.5 Å². The molecule has 3 nitrogen and oxygen atoms in total. The van der Waals surface area contributed by atoms with Crippen molar-refractivity contribution in [2.45, 2.75) is 40.9 Å². The van der Waals surface area contributed by atoms with Crippen molar-refractivity contribution in [2.75, 3.05) is 0 Å². The van der Waals surface area contributed by atoms with Crippen molar-refractivity contribution in [1.29, 1.82) is 0 Å². The number of rotatable bonds is 3. The van der Waals surface area contributed by atoms with Crippen LogP contribution in [-0.4, -0.2) is 16.8 Å². The molecule has 8 aromatic carbocycles. The van der Waals surface area contributed by atoms with Gasteiger partial charge < -0.3 is 4.74 Å². The Balaban J connectivity index is 0.982. The van der Waals surface area contributed by atoms with E-state index >= 15 is 0 Å². The smallest absolute Gasteiger partial charge is 0.155 e. The molecule has 0 radical (unpaired) electrons. The zero-order valence-electron chi connectivity index (χ0n) is 33.2. The molecule has 8 aromatic rings. The van der Waals surface area contributed by atoms with E-state index in [2.05, 4.69) is 196 Å².